The number of hydrogen-bond donors (Lipinski definition) is 4. The highest BCUT2D eigenvalue weighted by Crippen LogP contribution is 2.41. The second-order valence-corrected chi connectivity index (χ2v) is 12.5. The number of alkyl halides is 3. The molecule has 0 unspecified atom stereocenters. The van der Waals surface area contributed by atoms with Crippen LogP contribution in [0.3, 0.4) is 0 Å². The van der Waals surface area contributed by atoms with E-state index in [1.807, 2.05) is 22.9 Å². The number of para-hydroxylation sites is 1. The SMILES string of the molecule is CCc1cccc(CC)c1-n1nc2c(c1-c1c(F)cc(CN[C@@H](Cc3cnc[nH]3)C(=O)O)c3[nH]ccc13)CN(c1ncc(C(F)(F)F)cn1)CC2.Cl. The topological polar surface area (TPSA) is 141 Å². The molecule has 52 heavy (non-hydrogen) atoms. The second-order valence-electron chi connectivity index (χ2n) is 12.5. The number of aliphatic carboxylic acids is 1. The molecule has 4 N–H and O–H groups in total. The number of aryl methyl sites for hydroxylation is 2. The number of anilines is 1. The van der Waals surface area contributed by atoms with Crippen LogP contribution in [0.2, 0.25) is 0 Å². The number of aromatic nitrogens is 7. The number of H-pyrrole nitrogens is 2. The van der Waals surface area contributed by atoms with Gasteiger partial charge in [0.05, 0.1) is 34.5 Å². The molecule has 0 aliphatic carbocycles. The molecule has 1 aliphatic heterocycles. The Kier molecular flexibility index (Phi) is 10.4. The molecule has 5 heterocycles. The molecule has 0 spiro atoms. The number of carbonyl (C=O) groups is 1. The van der Waals surface area contributed by atoms with Crippen molar-refractivity contribution in [3.8, 4) is 16.9 Å². The summed E-state index contributed by atoms with van der Waals surface area (Å²) in [5, 5.41) is 18.6. The third kappa shape index (κ3) is 6.85. The Morgan fingerprint density at radius 2 is 1.79 bits per heavy atom. The Morgan fingerprint density at radius 1 is 1.06 bits per heavy atom. The molecule has 0 amide bonds. The maximum Gasteiger partial charge on any atom is 0.419 e. The molecule has 0 bridgehead atoms. The number of aromatic amines is 2. The van der Waals surface area contributed by atoms with Gasteiger partial charge in [0.2, 0.25) is 5.95 Å². The van der Waals surface area contributed by atoms with Crippen molar-refractivity contribution >= 4 is 35.2 Å². The van der Waals surface area contributed by atoms with Crippen LogP contribution in [-0.2, 0) is 49.7 Å². The van der Waals surface area contributed by atoms with E-state index < -0.39 is 29.6 Å². The number of carboxylic acid groups (broad SMARTS) is 1. The molecule has 0 radical (unpaired) electrons. The molecule has 1 aliphatic rings. The lowest BCUT2D eigenvalue weighted by molar-refractivity contribution is -0.139. The molecule has 0 saturated heterocycles. The number of hydrogen-bond acceptors (Lipinski definition) is 7. The number of imidazole rings is 1. The molecule has 11 nitrogen and oxygen atoms in total. The van der Waals surface area contributed by atoms with E-state index in [-0.39, 0.29) is 37.9 Å². The molecule has 6 aromatic rings. The average molecular weight is 738 g/mol. The third-order valence-electron chi connectivity index (χ3n) is 9.39. The summed E-state index contributed by atoms with van der Waals surface area (Å²) in [6.07, 6.45) is 3.72. The van der Waals surface area contributed by atoms with Crippen molar-refractivity contribution in [2.24, 2.45) is 0 Å². The van der Waals surface area contributed by atoms with Crippen LogP contribution >= 0.6 is 12.4 Å². The number of carboxylic acids is 1. The third-order valence-corrected chi connectivity index (χ3v) is 9.39. The number of fused-ring (bicyclic) bond motifs is 2. The molecule has 16 heteroatoms. The van der Waals surface area contributed by atoms with Crippen LogP contribution in [0.25, 0.3) is 27.8 Å². The zero-order chi connectivity index (χ0) is 35.9. The van der Waals surface area contributed by atoms with Gasteiger partial charge in [-0.05, 0) is 41.7 Å². The fourth-order valence-electron chi connectivity index (χ4n) is 6.83. The van der Waals surface area contributed by atoms with Crippen molar-refractivity contribution in [3.63, 3.8) is 0 Å². The predicted octanol–water partition coefficient (Wildman–Crippen LogP) is 6.59. The summed E-state index contributed by atoms with van der Waals surface area (Å²) in [7, 11) is 0. The number of nitrogens with one attached hydrogen (secondary N) is 3. The van der Waals surface area contributed by atoms with Crippen molar-refractivity contribution in [2.75, 3.05) is 11.4 Å². The molecular formula is C36H36ClF4N9O2. The van der Waals surface area contributed by atoms with Crippen molar-refractivity contribution in [1.82, 2.24) is 40.0 Å². The Hall–Kier alpha value is -5.28. The van der Waals surface area contributed by atoms with E-state index in [1.165, 1.54) is 12.4 Å². The normalized spacial score (nSPS) is 13.6. The van der Waals surface area contributed by atoms with Gasteiger partial charge in [-0.25, -0.2) is 24.0 Å². The molecule has 0 saturated carbocycles. The van der Waals surface area contributed by atoms with Gasteiger partial charge in [-0.1, -0.05) is 32.0 Å². The van der Waals surface area contributed by atoms with Gasteiger partial charge < -0.3 is 20.0 Å². The minimum absolute atomic E-state index is 0. The molecule has 1 atom stereocenters. The van der Waals surface area contributed by atoms with Gasteiger partial charge in [-0.2, -0.15) is 18.3 Å². The van der Waals surface area contributed by atoms with E-state index in [1.54, 1.807) is 23.4 Å². The van der Waals surface area contributed by atoms with E-state index in [4.69, 9.17) is 5.10 Å². The summed E-state index contributed by atoms with van der Waals surface area (Å²) in [5.41, 5.74) is 6.09. The maximum absolute atomic E-state index is 16.9. The molecular weight excluding hydrogens is 702 g/mol. The van der Waals surface area contributed by atoms with Gasteiger partial charge in [-0.3, -0.25) is 10.1 Å². The Bertz CT molecular complexity index is 2180. The standard InChI is InChI=1S/C36H35F4N9O2.ClH/c1-3-20-6-5-7-21(4-2)32(20)49-33(26-18-48(11-9-28(26)47-49)35-44-15-23(16-45-35)36(38,39)40)30-25-8-10-42-31(25)22(12-27(30)37)14-43-29(34(50)51)13-24-17-41-19-46-24;/h5-8,10,12,15-17,19,29,42-43H,3-4,9,11,13-14,18H2,1-2H3,(H,41,46)(H,50,51);1H/t29-;/m0./s1. The minimum atomic E-state index is -4.57. The summed E-state index contributed by atoms with van der Waals surface area (Å²) < 4.78 is 58.5. The Morgan fingerprint density at radius 3 is 2.42 bits per heavy atom. The summed E-state index contributed by atoms with van der Waals surface area (Å²) in [6.45, 7) is 4.76. The Labute approximate surface area is 301 Å². The van der Waals surface area contributed by atoms with Crippen LogP contribution in [-0.4, -0.2) is 58.4 Å². The van der Waals surface area contributed by atoms with E-state index in [0.717, 1.165) is 40.5 Å². The largest absolute Gasteiger partial charge is 0.480 e. The fraction of sp³-hybridized carbons (Fsp3) is 0.306. The van der Waals surface area contributed by atoms with Crippen LogP contribution in [0.5, 0.6) is 0 Å². The Balaban J connectivity index is 0.00000464. The van der Waals surface area contributed by atoms with Crippen molar-refractivity contribution in [3.05, 3.63) is 106 Å². The van der Waals surface area contributed by atoms with Crippen molar-refractivity contribution < 1.29 is 27.5 Å². The molecule has 7 rings (SSSR count). The van der Waals surface area contributed by atoms with Crippen molar-refractivity contribution in [2.45, 2.75) is 64.8 Å². The van der Waals surface area contributed by atoms with Crippen LogP contribution < -0.4 is 10.2 Å². The lowest BCUT2D eigenvalue weighted by Gasteiger charge is -2.27. The first-order valence-electron chi connectivity index (χ1n) is 16.7. The van der Waals surface area contributed by atoms with E-state index in [2.05, 4.69) is 44.1 Å². The van der Waals surface area contributed by atoms with E-state index >= 15 is 4.39 Å². The smallest absolute Gasteiger partial charge is 0.419 e. The van der Waals surface area contributed by atoms with Gasteiger partial charge in [0.15, 0.2) is 0 Å². The fourth-order valence-corrected chi connectivity index (χ4v) is 6.83. The summed E-state index contributed by atoms with van der Waals surface area (Å²) in [5.74, 6) is -1.45. The molecule has 272 valence electrons. The first-order chi connectivity index (χ1) is 24.6. The predicted molar refractivity (Wildman–Crippen MR) is 189 cm³/mol. The first kappa shape index (κ1) is 36.5. The minimum Gasteiger partial charge on any atom is -0.480 e. The number of halogens is 5. The van der Waals surface area contributed by atoms with E-state index in [9.17, 15) is 23.1 Å². The summed E-state index contributed by atoms with van der Waals surface area (Å²) >= 11 is 0. The van der Waals surface area contributed by atoms with Crippen molar-refractivity contribution in [1.29, 1.82) is 0 Å². The highest BCUT2D eigenvalue weighted by Gasteiger charge is 2.34. The van der Waals surface area contributed by atoms with Crippen LogP contribution in [0.1, 0.15) is 53.1 Å². The van der Waals surface area contributed by atoms with E-state index in [0.29, 0.717) is 59.2 Å². The highest BCUT2D eigenvalue weighted by molar-refractivity contribution is 5.98. The average Bonchev–Trinajstić information content (AvgIpc) is 3.90. The number of benzene rings is 2. The number of rotatable bonds is 11. The lowest BCUT2D eigenvalue weighted by atomic mass is 9.95. The highest BCUT2D eigenvalue weighted by atomic mass is 35.5. The first-order valence-corrected chi connectivity index (χ1v) is 16.7. The van der Waals surface area contributed by atoms with Crippen LogP contribution in [0.4, 0.5) is 23.5 Å². The van der Waals surface area contributed by atoms with Gasteiger partial charge >= 0.3 is 12.1 Å². The molecule has 4 aromatic heterocycles. The van der Waals surface area contributed by atoms with Crippen LogP contribution in [0, 0.1) is 5.82 Å². The zero-order valence-electron chi connectivity index (χ0n) is 28.3. The second kappa shape index (κ2) is 14.8. The van der Waals surface area contributed by atoms with Gasteiger partial charge in [-0.15, -0.1) is 12.4 Å². The monoisotopic (exact) mass is 737 g/mol. The van der Waals surface area contributed by atoms with Gasteiger partial charge in [0.25, 0.3) is 0 Å². The van der Waals surface area contributed by atoms with Gasteiger partial charge in [0, 0.05) is 79.5 Å². The summed E-state index contributed by atoms with van der Waals surface area (Å²) in [4.78, 5) is 32.0. The maximum atomic E-state index is 16.9. The zero-order valence-corrected chi connectivity index (χ0v) is 29.1. The lowest BCUT2D eigenvalue weighted by Crippen LogP contribution is -2.38. The number of nitrogens with zero attached hydrogens (tertiary/aromatic N) is 6. The summed E-state index contributed by atoms with van der Waals surface area (Å²) in [6, 6.07) is 8.29. The quantitative estimate of drug-likeness (QED) is 0.109. The van der Waals surface area contributed by atoms with Gasteiger partial charge in [0.1, 0.15) is 11.9 Å². The molecule has 2 aromatic carbocycles. The van der Waals surface area contributed by atoms with Crippen LogP contribution in [0.15, 0.2) is 61.4 Å². The molecule has 0 fully saturated rings.